The summed E-state index contributed by atoms with van der Waals surface area (Å²) < 4.78 is 11.3. The Kier molecular flexibility index (Phi) is 7.26. The highest BCUT2D eigenvalue weighted by Crippen LogP contribution is 2.26. The first-order valence-corrected chi connectivity index (χ1v) is 10.4. The van der Waals surface area contributed by atoms with Crippen LogP contribution in [-0.4, -0.2) is 50.3 Å². The number of nitrogens with zero attached hydrogens (tertiary/aromatic N) is 1. The first kappa shape index (κ1) is 19.9. The molecule has 1 saturated heterocycles. The van der Waals surface area contributed by atoms with Gasteiger partial charge < -0.3 is 14.8 Å². The van der Waals surface area contributed by atoms with Crippen LogP contribution in [0.5, 0.6) is 5.75 Å². The van der Waals surface area contributed by atoms with Crippen LogP contribution in [0.4, 0.5) is 0 Å². The molecule has 0 bridgehead atoms. The molecule has 1 atom stereocenters. The van der Waals surface area contributed by atoms with Gasteiger partial charge >= 0.3 is 0 Å². The third kappa shape index (κ3) is 5.54. The van der Waals surface area contributed by atoms with Gasteiger partial charge in [0.25, 0.3) is 5.91 Å². The molecule has 1 N–H and O–H groups in total. The van der Waals surface area contributed by atoms with Gasteiger partial charge in [-0.05, 0) is 29.0 Å². The molecule has 1 amide bonds. The van der Waals surface area contributed by atoms with E-state index in [9.17, 15) is 4.79 Å². The highest BCUT2D eigenvalue weighted by Gasteiger charge is 2.24. The van der Waals surface area contributed by atoms with Crippen LogP contribution in [0.3, 0.4) is 0 Å². The number of rotatable bonds is 8. The molecule has 0 aliphatic carbocycles. The number of thiophene rings is 1. The molecule has 5 nitrogen and oxygen atoms in total. The number of ether oxygens (including phenoxy) is 2. The Bertz CT molecular complexity index is 712. The number of amides is 1. The van der Waals surface area contributed by atoms with E-state index in [0.29, 0.717) is 12.5 Å². The second-order valence-electron chi connectivity index (χ2n) is 6.96. The topological polar surface area (TPSA) is 50.8 Å². The zero-order valence-electron chi connectivity index (χ0n) is 16.0. The molecule has 6 heteroatoms. The minimum atomic E-state index is -0.0941. The largest absolute Gasteiger partial charge is 0.483 e. The number of hydrogen-bond acceptors (Lipinski definition) is 5. The van der Waals surface area contributed by atoms with Crippen LogP contribution >= 0.6 is 11.3 Å². The lowest BCUT2D eigenvalue weighted by molar-refractivity contribution is -0.123. The van der Waals surface area contributed by atoms with Gasteiger partial charge in [-0.3, -0.25) is 9.69 Å². The van der Waals surface area contributed by atoms with Crippen molar-refractivity contribution in [1.82, 2.24) is 10.2 Å². The standard InChI is InChI=1S/C21H28N2O3S/c1-16(2)17-6-3-4-7-19(17)26-15-21(24)22-14-18(20-8-5-13-27-20)23-9-11-25-12-10-23/h3-8,13,16,18H,9-12,14-15H2,1-2H3,(H,22,24)/t18-/m0/s1. The predicted octanol–water partition coefficient (Wildman–Crippen LogP) is 3.44. The van der Waals surface area contributed by atoms with Crippen LogP contribution in [0.1, 0.15) is 36.2 Å². The number of benzene rings is 1. The first-order valence-electron chi connectivity index (χ1n) is 9.48. The van der Waals surface area contributed by atoms with Crippen LogP contribution in [0.25, 0.3) is 0 Å². The summed E-state index contributed by atoms with van der Waals surface area (Å²) in [4.78, 5) is 16.0. The van der Waals surface area contributed by atoms with Gasteiger partial charge in [0, 0.05) is 24.5 Å². The Morgan fingerprint density at radius 2 is 2.00 bits per heavy atom. The van der Waals surface area contributed by atoms with E-state index in [1.165, 1.54) is 4.88 Å². The highest BCUT2D eigenvalue weighted by molar-refractivity contribution is 7.10. The molecule has 3 rings (SSSR count). The van der Waals surface area contributed by atoms with Gasteiger partial charge in [-0.25, -0.2) is 0 Å². The zero-order chi connectivity index (χ0) is 19.1. The second-order valence-corrected chi connectivity index (χ2v) is 7.94. The minimum absolute atomic E-state index is 0.0318. The van der Waals surface area contributed by atoms with Crippen molar-refractivity contribution in [3.8, 4) is 5.75 Å². The summed E-state index contributed by atoms with van der Waals surface area (Å²) in [6.07, 6.45) is 0. The molecule has 2 aromatic rings. The molecular weight excluding hydrogens is 360 g/mol. The molecule has 1 aromatic heterocycles. The molecule has 1 aliphatic rings. The normalized spacial score (nSPS) is 16.3. The summed E-state index contributed by atoms with van der Waals surface area (Å²) in [5.74, 6) is 1.04. The summed E-state index contributed by atoms with van der Waals surface area (Å²) in [7, 11) is 0. The quantitative estimate of drug-likeness (QED) is 0.753. The third-order valence-corrected chi connectivity index (χ3v) is 5.72. The van der Waals surface area contributed by atoms with Crippen molar-refractivity contribution in [2.45, 2.75) is 25.8 Å². The van der Waals surface area contributed by atoms with Crippen molar-refractivity contribution < 1.29 is 14.3 Å². The van der Waals surface area contributed by atoms with Crippen LogP contribution in [-0.2, 0) is 9.53 Å². The molecule has 146 valence electrons. The van der Waals surface area contributed by atoms with Crippen molar-refractivity contribution in [1.29, 1.82) is 0 Å². The Labute approximate surface area is 165 Å². The van der Waals surface area contributed by atoms with Crippen molar-refractivity contribution >= 4 is 17.2 Å². The van der Waals surface area contributed by atoms with E-state index in [1.807, 2.05) is 24.3 Å². The third-order valence-electron chi connectivity index (χ3n) is 4.75. The molecule has 1 aromatic carbocycles. The zero-order valence-corrected chi connectivity index (χ0v) is 16.8. The number of nitrogens with one attached hydrogen (secondary N) is 1. The Balaban J connectivity index is 1.55. The smallest absolute Gasteiger partial charge is 0.258 e. The average molecular weight is 389 g/mol. The van der Waals surface area contributed by atoms with Crippen LogP contribution in [0, 0.1) is 0 Å². The average Bonchev–Trinajstić information content (AvgIpc) is 3.22. The van der Waals surface area contributed by atoms with Crippen LogP contribution in [0.2, 0.25) is 0 Å². The lowest BCUT2D eigenvalue weighted by Crippen LogP contribution is -2.44. The monoisotopic (exact) mass is 388 g/mol. The molecule has 0 unspecified atom stereocenters. The van der Waals surface area contributed by atoms with Crippen molar-refractivity contribution in [2.75, 3.05) is 39.5 Å². The molecule has 1 aliphatic heterocycles. The van der Waals surface area contributed by atoms with Gasteiger partial charge in [-0.1, -0.05) is 38.1 Å². The van der Waals surface area contributed by atoms with Gasteiger partial charge in [0.1, 0.15) is 5.75 Å². The molecule has 27 heavy (non-hydrogen) atoms. The molecular formula is C21H28N2O3S. The van der Waals surface area contributed by atoms with Gasteiger partial charge in [0.15, 0.2) is 6.61 Å². The molecule has 0 radical (unpaired) electrons. The van der Waals surface area contributed by atoms with Gasteiger partial charge in [-0.2, -0.15) is 0 Å². The van der Waals surface area contributed by atoms with Crippen LogP contribution < -0.4 is 10.1 Å². The van der Waals surface area contributed by atoms with E-state index in [-0.39, 0.29) is 18.6 Å². The fourth-order valence-electron chi connectivity index (χ4n) is 3.27. The van der Waals surface area contributed by atoms with Crippen molar-refractivity contribution in [3.05, 3.63) is 52.2 Å². The molecule has 0 saturated carbocycles. The van der Waals surface area contributed by atoms with Gasteiger partial charge in [0.05, 0.1) is 19.3 Å². The van der Waals surface area contributed by atoms with Gasteiger partial charge in [-0.15, -0.1) is 11.3 Å². The number of carbonyl (C=O) groups excluding carboxylic acids is 1. The number of hydrogen-bond donors (Lipinski definition) is 1. The Hall–Kier alpha value is -1.89. The summed E-state index contributed by atoms with van der Waals surface area (Å²) in [6, 6.07) is 12.3. The number of carbonyl (C=O) groups is 1. The first-order chi connectivity index (χ1) is 13.1. The highest BCUT2D eigenvalue weighted by atomic mass is 32.1. The lowest BCUT2D eigenvalue weighted by Gasteiger charge is -2.34. The van der Waals surface area contributed by atoms with E-state index in [1.54, 1.807) is 11.3 Å². The van der Waals surface area contributed by atoms with E-state index < -0.39 is 0 Å². The van der Waals surface area contributed by atoms with Gasteiger partial charge in [0.2, 0.25) is 0 Å². The maximum Gasteiger partial charge on any atom is 0.258 e. The minimum Gasteiger partial charge on any atom is -0.483 e. The Morgan fingerprint density at radius 1 is 1.22 bits per heavy atom. The summed E-state index contributed by atoms with van der Waals surface area (Å²) in [5.41, 5.74) is 1.12. The second kappa shape index (κ2) is 9.88. The Morgan fingerprint density at radius 3 is 2.70 bits per heavy atom. The summed E-state index contributed by atoms with van der Waals surface area (Å²) >= 11 is 1.73. The number of morpholine rings is 1. The van der Waals surface area contributed by atoms with E-state index in [0.717, 1.165) is 37.6 Å². The SMILES string of the molecule is CC(C)c1ccccc1OCC(=O)NC[C@@H](c1cccs1)N1CCOCC1. The maximum absolute atomic E-state index is 12.4. The maximum atomic E-state index is 12.4. The van der Waals surface area contributed by atoms with Crippen molar-refractivity contribution in [3.63, 3.8) is 0 Å². The fourth-order valence-corrected chi connectivity index (χ4v) is 4.13. The lowest BCUT2D eigenvalue weighted by atomic mass is 10.0. The van der Waals surface area contributed by atoms with E-state index in [4.69, 9.17) is 9.47 Å². The number of para-hydroxylation sites is 1. The fraction of sp³-hybridized carbons (Fsp3) is 0.476. The molecule has 0 spiro atoms. The van der Waals surface area contributed by atoms with Crippen LogP contribution in [0.15, 0.2) is 41.8 Å². The predicted molar refractivity (Wildman–Crippen MR) is 108 cm³/mol. The summed E-state index contributed by atoms with van der Waals surface area (Å²) in [6.45, 7) is 8.11. The van der Waals surface area contributed by atoms with E-state index in [2.05, 4.69) is 41.6 Å². The van der Waals surface area contributed by atoms with E-state index >= 15 is 0 Å². The summed E-state index contributed by atoms with van der Waals surface area (Å²) in [5, 5.41) is 5.13. The molecule has 2 heterocycles. The molecule has 1 fully saturated rings. The van der Waals surface area contributed by atoms with Crippen molar-refractivity contribution in [2.24, 2.45) is 0 Å².